The Hall–Kier alpha value is -0.400. The highest BCUT2D eigenvalue weighted by Gasteiger charge is 2.05. The minimum absolute atomic E-state index is 0.0185. The average molecular weight is 1210 g/mol. The molecule has 0 heterocycles. The Labute approximate surface area is 535 Å². The van der Waals surface area contributed by atoms with E-state index >= 15 is 0 Å². The van der Waals surface area contributed by atoms with Gasteiger partial charge in [-0.05, 0) is 174 Å². The summed E-state index contributed by atoms with van der Waals surface area (Å²) in [6.45, 7) is 69.6. The van der Waals surface area contributed by atoms with Crippen molar-refractivity contribution < 1.29 is 15.3 Å². The van der Waals surface area contributed by atoms with Gasteiger partial charge in [-0.25, -0.2) is 0 Å². The summed E-state index contributed by atoms with van der Waals surface area (Å²) in [6, 6.07) is 1.56. The number of rotatable bonds is 32. The number of unbranched alkanes of at least 4 members (excludes halogenated alkanes) is 3. The number of hydrogen-bond acceptors (Lipinski definition) is 10. The number of nitrogens with two attached hydrogens (primary N) is 7. The van der Waals surface area contributed by atoms with Crippen molar-refractivity contribution in [3.05, 3.63) is 0 Å². The Balaban J connectivity index is -0.0000000776. The van der Waals surface area contributed by atoms with E-state index in [1.165, 1.54) is 64.2 Å². The van der Waals surface area contributed by atoms with Gasteiger partial charge in [0.25, 0.3) is 0 Å². The first-order valence-corrected chi connectivity index (χ1v) is 35.6. The van der Waals surface area contributed by atoms with Crippen LogP contribution in [0.5, 0.6) is 0 Å². The normalized spacial score (nSPS) is 13.6. The van der Waals surface area contributed by atoms with Crippen molar-refractivity contribution in [2.75, 3.05) is 26.4 Å². The van der Waals surface area contributed by atoms with Crippen LogP contribution in [0.2, 0.25) is 0 Å². The van der Waals surface area contributed by atoms with Crippen LogP contribution < -0.4 is 40.1 Å². The largest absolute Gasteiger partial charge is 0.396 e. The molecular formula is C74H177N7O3. The van der Waals surface area contributed by atoms with E-state index in [-0.39, 0.29) is 25.3 Å². The summed E-state index contributed by atoms with van der Waals surface area (Å²) in [5, 5.41) is 25.3. The van der Waals surface area contributed by atoms with Gasteiger partial charge in [0.2, 0.25) is 0 Å². The Morgan fingerprint density at radius 3 is 0.607 bits per heavy atom. The molecule has 17 N–H and O–H groups in total. The van der Waals surface area contributed by atoms with Gasteiger partial charge in [0.05, 0.1) is 13.2 Å². The summed E-state index contributed by atoms with van der Waals surface area (Å²) in [5.74, 6) is 10.3. The van der Waals surface area contributed by atoms with Gasteiger partial charge in [-0.2, -0.15) is 0 Å². The maximum Gasteiger partial charge on any atom is 0.0582 e. The van der Waals surface area contributed by atoms with Gasteiger partial charge in [-0.1, -0.05) is 252 Å². The second kappa shape index (κ2) is 84.7. The summed E-state index contributed by atoms with van der Waals surface area (Å²) in [5.41, 5.74) is 38.4. The van der Waals surface area contributed by atoms with Crippen molar-refractivity contribution in [2.24, 2.45) is 117 Å². The topological polar surface area (TPSA) is 243 Å². The van der Waals surface area contributed by atoms with E-state index < -0.39 is 0 Å². The standard InChI is InChI=1S/C8H18O.2C8H18.2C7H17N.C7H16.2C6H15NO.2C6H15N.C5H13N/c1-8(2)6-4-3-5-7-9;2*1-5-8(4)6-7(2)3;2*1-4-7(8)5-6(2)3;1-4-5-6-7(2)3;2*1-5(2)3-6(7)4-8;2*1-5(2)4-6(3)7;1-5(2)3-4-6/h8-9H,3-7H2,1-2H3;2*7-8H,5-6H2,1-4H3;2*6-7H,4-5,8H2,1-3H3;7H,4-6H2,1-3H3;2*5-6,8H,3-4,7H2,1-2H3;2*5-6H,4,7H2,1-3H3;5H,3-4,6H2,1-2H3/t;2*8-;2*7-;;4*6-;/m.1010.1010./s1. The van der Waals surface area contributed by atoms with E-state index in [9.17, 15) is 0 Å². The molecule has 526 valence electrons. The van der Waals surface area contributed by atoms with Crippen LogP contribution in [0.15, 0.2) is 0 Å². The van der Waals surface area contributed by atoms with E-state index in [1.807, 2.05) is 13.8 Å². The SMILES string of the molecule is CC(C)CCCCCO.CC(C)CCN.CC(C)C[C@@H](C)N.CC(C)C[C@@H](N)CO.CC(C)C[C@H](C)N.CC(C)C[C@H](N)CO.CCCCC(C)C.CC[C@@H](C)CC(C)C.CC[C@@H](N)CC(C)C.CC[C@H](C)CC(C)C.CC[C@H](N)CC(C)C. The van der Waals surface area contributed by atoms with Gasteiger partial charge in [0.15, 0.2) is 0 Å². The number of aliphatic hydroxyl groups is 3. The molecule has 0 fully saturated rings. The molecule has 84 heavy (non-hydrogen) atoms. The maximum absolute atomic E-state index is 8.46. The third-order valence-corrected chi connectivity index (χ3v) is 12.8. The van der Waals surface area contributed by atoms with Crippen LogP contribution >= 0.6 is 0 Å². The van der Waals surface area contributed by atoms with Crippen molar-refractivity contribution >= 4 is 0 Å². The van der Waals surface area contributed by atoms with Gasteiger partial charge in [-0.15, -0.1) is 0 Å². The third-order valence-electron chi connectivity index (χ3n) is 12.8. The molecule has 0 spiro atoms. The van der Waals surface area contributed by atoms with E-state index in [2.05, 4.69) is 201 Å². The molecular weight excluding hydrogens is 1030 g/mol. The molecule has 0 bridgehead atoms. The summed E-state index contributed by atoms with van der Waals surface area (Å²) in [4.78, 5) is 0. The Morgan fingerprint density at radius 1 is 0.262 bits per heavy atom. The first-order valence-electron chi connectivity index (χ1n) is 35.6. The fourth-order valence-electron chi connectivity index (χ4n) is 8.12. The van der Waals surface area contributed by atoms with Gasteiger partial charge < -0.3 is 55.5 Å². The number of aliphatic hydroxyl groups excluding tert-OH is 3. The van der Waals surface area contributed by atoms with Crippen molar-refractivity contribution in [2.45, 2.75) is 379 Å². The lowest BCUT2D eigenvalue weighted by atomic mass is 9.97. The van der Waals surface area contributed by atoms with E-state index in [4.69, 9.17) is 55.5 Å². The maximum atomic E-state index is 8.46. The van der Waals surface area contributed by atoms with Gasteiger partial charge in [-0.3, -0.25) is 0 Å². The Morgan fingerprint density at radius 2 is 0.512 bits per heavy atom. The average Bonchev–Trinajstić information content (AvgIpc) is 3.34. The summed E-state index contributed by atoms with van der Waals surface area (Å²) < 4.78 is 0. The fourth-order valence-corrected chi connectivity index (χ4v) is 8.12. The predicted molar refractivity (Wildman–Crippen MR) is 392 cm³/mol. The van der Waals surface area contributed by atoms with E-state index in [0.29, 0.717) is 42.6 Å². The lowest BCUT2D eigenvalue weighted by molar-refractivity contribution is 0.250. The minimum atomic E-state index is -0.0185. The second-order valence-electron chi connectivity index (χ2n) is 29.7. The van der Waals surface area contributed by atoms with Crippen molar-refractivity contribution in [3.8, 4) is 0 Å². The van der Waals surface area contributed by atoms with Crippen LogP contribution in [-0.4, -0.2) is 77.9 Å². The predicted octanol–water partition coefficient (Wildman–Crippen LogP) is 19.2. The van der Waals surface area contributed by atoms with Crippen LogP contribution in [0, 0.1) is 76.9 Å². The molecule has 0 unspecified atom stereocenters. The zero-order valence-electron chi connectivity index (χ0n) is 64.3. The first-order chi connectivity index (χ1) is 38.5. The van der Waals surface area contributed by atoms with Gasteiger partial charge in [0.1, 0.15) is 0 Å². The van der Waals surface area contributed by atoms with Crippen LogP contribution in [-0.2, 0) is 0 Å². The summed E-state index contributed by atoms with van der Waals surface area (Å²) in [6.07, 6.45) is 24.1. The third kappa shape index (κ3) is 165. The van der Waals surface area contributed by atoms with Crippen LogP contribution in [0.1, 0.15) is 343 Å². The molecule has 10 nitrogen and oxygen atoms in total. The zero-order chi connectivity index (χ0) is 68.9. The minimum Gasteiger partial charge on any atom is -0.396 e. The number of hydrogen-bond donors (Lipinski definition) is 10. The first kappa shape index (κ1) is 108. The highest BCUT2D eigenvalue weighted by atomic mass is 16.3. The molecule has 0 aromatic heterocycles. The molecule has 0 saturated carbocycles. The van der Waals surface area contributed by atoms with Crippen molar-refractivity contribution in [1.82, 2.24) is 0 Å². The quantitative estimate of drug-likeness (QED) is 0.0286. The van der Waals surface area contributed by atoms with Crippen molar-refractivity contribution in [1.29, 1.82) is 0 Å². The second-order valence-corrected chi connectivity index (χ2v) is 29.7. The zero-order valence-corrected chi connectivity index (χ0v) is 64.3. The molecule has 0 radical (unpaired) electrons. The van der Waals surface area contributed by atoms with Gasteiger partial charge >= 0.3 is 0 Å². The molecule has 0 aromatic rings. The Bertz CT molecular complexity index is 904. The van der Waals surface area contributed by atoms with Gasteiger partial charge in [0, 0.05) is 42.9 Å². The summed E-state index contributed by atoms with van der Waals surface area (Å²) in [7, 11) is 0. The van der Waals surface area contributed by atoms with Crippen LogP contribution in [0.25, 0.3) is 0 Å². The fraction of sp³-hybridized carbons (Fsp3) is 1.00. The molecule has 0 aliphatic rings. The Kier molecular flexibility index (Phi) is 109. The molecule has 0 aliphatic carbocycles. The highest BCUT2D eigenvalue weighted by molar-refractivity contribution is 4.63. The molecule has 10 heteroatoms. The molecule has 0 rings (SSSR count). The lowest BCUT2D eigenvalue weighted by Crippen LogP contribution is -2.25. The lowest BCUT2D eigenvalue weighted by Gasteiger charge is -2.09. The van der Waals surface area contributed by atoms with Crippen molar-refractivity contribution in [3.63, 3.8) is 0 Å². The molecule has 0 amide bonds. The molecule has 0 saturated heterocycles. The molecule has 8 atom stereocenters. The van der Waals surface area contributed by atoms with Crippen LogP contribution in [0.4, 0.5) is 0 Å². The molecule has 0 aliphatic heterocycles. The van der Waals surface area contributed by atoms with Crippen LogP contribution in [0.3, 0.4) is 0 Å². The highest BCUT2D eigenvalue weighted by Crippen LogP contribution is 2.14. The smallest absolute Gasteiger partial charge is 0.0582 e. The van der Waals surface area contributed by atoms with E-state index in [1.54, 1.807) is 0 Å². The molecule has 0 aromatic carbocycles. The summed E-state index contributed by atoms with van der Waals surface area (Å²) >= 11 is 0. The van der Waals surface area contributed by atoms with E-state index in [0.717, 1.165) is 136 Å². The monoisotopic (exact) mass is 1210 g/mol.